The molecule has 1 aromatic heterocycles. The molecular formula is C11H16N2O6. The normalized spacial score (nSPS) is 11.1. The van der Waals surface area contributed by atoms with Gasteiger partial charge >= 0.3 is 11.9 Å². The van der Waals surface area contributed by atoms with Gasteiger partial charge in [0.05, 0.1) is 12.8 Å². The summed E-state index contributed by atoms with van der Waals surface area (Å²) in [6, 6.07) is 2.29. The Balaban J connectivity index is 2.43. The van der Waals surface area contributed by atoms with Crippen molar-refractivity contribution in [3.05, 3.63) is 12.1 Å². The first-order chi connectivity index (χ1) is 8.69. The van der Waals surface area contributed by atoms with E-state index in [2.05, 4.69) is 4.84 Å². The third kappa shape index (κ3) is 4.88. The Labute approximate surface area is 109 Å². The third-order valence-electron chi connectivity index (χ3n) is 1.90. The van der Waals surface area contributed by atoms with Gasteiger partial charge in [0.15, 0.2) is 5.72 Å². The second kappa shape index (κ2) is 5.61. The minimum atomic E-state index is -1.11. The molecule has 0 amide bonds. The van der Waals surface area contributed by atoms with Crippen molar-refractivity contribution in [3.63, 3.8) is 0 Å². The molecule has 1 heterocycles. The molecule has 0 saturated heterocycles. The average Bonchev–Trinajstić information content (AvgIpc) is 2.56. The predicted octanol–water partition coefficient (Wildman–Crippen LogP) is -0.127. The van der Waals surface area contributed by atoms with Crippen molar-refractivity contribution >= 4 is 11.9 Å². The van der Waals surface area contributed by atoms with Crippen molar-refractivity contribution in [1.82, 2.24) is 4.73 Å². The molecular weight excluding hydrogens is 256 g/mol. The largest absolute Gasteiger partial charge is 0.492 e. The number of carbonyl (C=O) groups is 2. The zero-order valence-electron chi connectivity index (χ0n) is 10.6. The second-order valence-corrected chi connectivity index (χ2v) is 4.38. The lowest BCUT2D eigenvalue weighted by Gasteiger charge is -2.19. The highest BCUT2D eigenvalue weighted by Gasteiger charge is 2.19. The number of nitrogens with two attached hydrogens (primary N) is 1. The second-order valence-electron chi connectivity index (χ2n) is 4.38. The van der Waals surface area contributed by atoms with Crippen LogP contribution in [0.15, 0.2) is 12.1 Å². The van der Waals surface area contributed by atoms with Gasteiger partial charge in [-0.2, -0.15) is 0 Å². The van der Waals surface area contributed by atoms with Crippen molar-refractivity contribution in [2.24, 2.45) is 5.73 Å². The van der Waals surface area contributed by atoms with Crippen LogP contribution in [0.4, 0.5) is 0 Å². The number of rotatable bonds is 5. The molecule has 8 heteroatoms. The highest BCUT2D eigenvalue weighted by molar-refractivity contribution is 5.78. The van der Waals surface area contributed by atoms with E-state index in [-0.39, 0.29) is 12.8 Å². The third-order valence-corrected chi connectivity index (χ3v) is 1.90. The molecule has 0 aliphatic rings. The lowest BCUT2D eigenvalue weighted by atomic mass is 10.3. The molecule has 1 rings (SSSR count). The molecule has 0 radical (unpaired) electrons. The van der Waals surface area contributed by atoms with E-state index in [1.807, 2.05) is 0 Å². The van der Waals surface area contributed by atoms with Gasteiger partial charge in [0.25, 0.3) is 0 Å². The summed E-state index contributed by atoms with van der Waals surface area (Å²) in [4.78, 5) is 27.3. The molecule has 0 fully saturated rings. The number of carbonyl (C=O) groups excluding carboxylic acids is 2. The van der Waals surface area contributed by atoms with Gasteiger partial charge in [-0.05, 0) is 13.8 Å². The monoisotopic (exact) mass is 272 g/mol. The van der Waals surface area contributed by atoms with E-state index in [4.69, 9.17) is 10.5 Å². The Morgan fingerprint density at radius 3 is 2.16 bits per heavy atom. The molecule has 8 nitrogen and oxygen atoms in total. The smallest absolute Gasteiger partial charge is 0.333 e. The van der Waals surface area contributed by atoms with E-state index >= 15 is 0 Å². The number of aromatic hydroxyl groups is 2. The van der Waals surface area contributed by atoms with Crippen LogP contribution in [0.2, 0.25) is 0 Å². The van der Waals surface area contributed by atoms with Gasteiger partial charge in [0.2, 0.25) is 11.8 Å². The maximum absolute atomic E-state index is 11.4. The summed E-state index contributed by atoms with van der Waals surface area (Å²) >= 11 is 0. The standard InChI is InChI=1S/C11H16N2O6/c1-11(2,12)18-9(16)5-6-10(17)19-13-7(14)3-4-8(13)15/h3-4,14-15H,5-6,12H2,1-2H3. The first-order valence-electron chi connectivity index (χ1n) is 5.50. The zero-order valence-corrected chi connectivity index (χ0v) is 10.6. The first-order valence-corrected chi connectivity index (χ1v) is 5.50. The molecule has 0 atom stereocenters. The fourth-order valence-electron chi connectivity index (χ4n) is 1.19. The lowest BCUT2D eigenvalue weighted by Crippen LogP contribution is -2.37. The summed E-state index contributed by atoms with van der Waals surface area (Å²) in [6.07, 6.45) is -0.492. The minimum absolute atomic E-state index is 0.220. The average molecular weight is 272 g/mol. The summed E-state index contributed by atoms with van der Waals surface area (Å²) < 4.78 is 5.34. The van der Waals surface area contributed by atoms with Gasteiger partial charge in [-0.1, -0.05) is 0 Å². The Morgan fingerprint density at radius 2 is 1.68 bits per heavy atom. The molecule has 0 aromatic carbocycles. The Kier molecular flexibility index (Phi) is 4.38. The summed E-state index contributed by atoms with van der Waals surface area (Å²) in [5.74, 6) is -2.33. The van der Waals surface area contributed by atoms with Crippen LogP contribution in [0.25, 0.3) is 0 Å². The minimum Gasteiger partial charge on any atom is -0.492 e. The van der Waals surface area contributed by atoms with E-state index < -0.39 is 29.4 Å². The summed E-state index contributed by atoms with van der Waals surface area (Å²) in [5.41, 5.74) is 4.35. The van der Waals surface area contributed by atoms with Crippen molar-refractivity contribution in [3.8, 4) is 11.8 Å². The Hall–Kier alpha value is -2.22. The molecule has 0 aliphatic heterocycles. The predicted molar refractivity (Wildman–Crippen MR) is 62.9 cm³/mol. The number of hydrogen-bond donors (Lipinski definition) is 3. The molecule has 106 valence electrons. The van der Waals surface area contributed by atoms with Crippen molar-refractivity contribution < 1.29 is 29.4 Å². The summed E-state index contributed by atoms with van der Waals surface area (Å²) in [5, 5.41) is 18.5. The van der Waals surface area contributed by atoms with Crippen LogP contribution in [0.3, 0.4) is 0 Å². The maximum Gasteiger partial charge on any atom is 0.333 e. The number of hydrogen-bond acceptors (Lipinski definition) is 7. The molecule has 19 heavy (non-hydrogen) atoms. The van der Waals surface area contributed by atoms with Gasteiger partial charge in [0, 0.05) is 12.1 Å². The van der Waals surface area contributed by atoms with Gasteiger partial charge in [-0.25, -0.2) is 4.79 Å². The van der Waals surface area contributed by atoms with Crippen LogP contribution in [0.5, 0.6) is 11.8 Å². The SMILES string of the molecule is CC(C)(N)OC(=O)CCC(=O)On1c(O)ccc1O. The topological polar surface area (TPSA) is 124 Å². The molecule has 0 aliphatic carbocycles. The van der Waals surface area contributed by atoms with Gasteiger partial charge in [0.1, 0.15) is 0 Å². The van der Waals surface area contributed by atoms with E-state index in [1.165, 1.54) is 13.8 Å². The van der Waals surface area contributed by atoms with Crippen molar-refractivity contribution in [1.29, 1.82) is 0 Å². The van der Waals surface area contributed by atoms with Gasteiger partial charge in [-0.15, -0.1) is 4.73 Å². The number of aromatic nitrogens is 1. The lowest BCUT2D eigenvalue weighted by molar-refractivity contribution is -0.159. The van der Waals surface area contributed by atoms with Crippen LogP contribution >= 0.6 is 0 Å². The summed E-state index contributed by atoms with van der Waals surface area (Å²) in [7, 11) is 0. The fourth-order valence-corrected chi connectivity index (χ4v) is 1.19. The highest BCUT2D eigenvalue weighted by Crippen LogP contribution is 2.18. The Bertz CT molecular complexity index is 455. The molecule has 0 spiro atoms. The maximum atomic E-state index is 11.4. The van der Waals surface area contributed by atoms with Crippen LogP contribution in [0, 0.1) is 0 Å². The number of ether oxygens (including phenoxy) is 1. The zero-order chi connectivity index (χ0) is 14.6. The van der Waals surface area contributed by atoms with Gasteiger partial charge in [-0.3, -0.25) is 10.5 Å². The van der Waals surface area contributed by atoms with Crippen LogP contribution < -0.4 is 10.6 Å². The van der Waals surface area contributed by atoms with Crippen LogP contribution in [-0.2, 0) is 14.3 Å². The van der Waals surface area contributed by atoms with Crippen LogP contribution in [-0.4, -0.2) is 32.6 Å². The molecule has 0 saturated carbocycles. The molecule has 0 bridgehead atoms. The van der Waals surface area contributed by atoms with E-state index in [0.29, 0.717) is 4.73 Å². The summed E-state index contributed by atoms with van der Waals surface area (Å²) in [6.45, 7) is 3.00. The Morgan fingerprint density at radius 1 is 1.21 bits per heavy atom. The van der Waals surface area contributed by atoms with Crippen LogP contribution in [0.1, 0.15) is 26.7 Å². The fraction of sp³-hybridized carbons (Fsp3) is 0.455. The van der Waals surface area contributed by atoms with Gasteiger partial charge < -0.3 is 19.8 Å². The quantitative estimate of drug-likeness (QED) is 0.504. The molecule has 1 aromatic rings. The highest BCUT2D eigenvalue weighted by atomic mass is 16.7. The number of esters is 1. The molecule has 0 unspecified atom stereocenters. The number of nitrogens with zero attached hydrogens (tertiary/aromatic N) is 1. The van der Waals surface area contributed by atoms with E-state index in [1.54, 1.807) is 0 Å². The van der Waals surface area contributed by atoms with Crippen molar-refractivity contribution in [2.45, 2.75) is 32.4 Å². The van der Waals surface area contributed by atoms with Crippen molar-refractivity contribution in [2.75, 3.05) is 0 Å². The molecule has 4 N–H and O–H groups in total. The first kappa shape index (κ1) is 14.8. The van der Waals surface area contributed by atoms with E-state index in [9.17, 15) is 19.8 Å². The van der Waals surface area contributed by atoms with E-state index in [0.717, 1.165) is 12.1 Å².